The van der Waals surface area contributed by atoms with Crippen molar-refractivity contribution in [3.05, 3.63) is 65.5 Å². The van der Waals surface area contributed by atoms with Gasteiger partial charge < -0.3 is 24.1 Å². The molecule has 158 valence electrons. The van der Waals surface area contributed by atoms with E-state index in [4.69, 9.17) is 14.2 Å². The summed E-state index contributed by atoms with van der Waals surface area (Å²) in [6.45, 7) is 3.39. The van der Waals surface area contributed by atoms with E-state index in [2.05, 4.69) is 4.98 Å². The van der Waals surface area contributed by atoms with Gasteiger partial charge in [-0.2, -0.15) is 0 Å². The molecule has 2 aliphatic rings. The molecule has 0 unspecified atom stereocenters. The molecule has 0 atom stereocenters. The van der Waals surface area contributed by atoms with E-state index in [0.717, 1.165) is 16.5 Å². The summed E-state index contributed by atoms with van der Waals surface area (Å²) in [5, 5.41) is 1.04. The van der Waals surface area contributed by atoms with Crippen molar-refractivity contribution < 1.29 is 23.8 Å². The minimum Gasteiger partial charge on any atom is -0.486 e. The van der Waals surface area contributed by atoms with Gasteiger partial charge in [-0.3, -0.25) is 4.79 Å². The summed E-state index contributed by atoms with van der Waals surface area (Å²) < 4.78 is 16.5. The highest BCUT2D eigenvalue weighted by atomic mass is 16.6. The Kier molecular flexibility index (Phi) is 4.86. The van der Waals surface area contributed by atoms with Crippen molar-refractivity contribution in [2.45, 2.75) is 13.3 Å². The first-order valence-electron chi connectivity index (χ1n) is 10.3. The Balaban J connectivity index is 1.54. The Labute approximate surface area is 179 Å². The molecule has 5 rings (SSSR count). The van der Waals surface area contributed by atoms with Gasteiger partial charge in [0.05, 0.1) is 17.9 Å². The zero-order chi connectivity index (χ0) is 21.4. The third kappa shape index (κ3) is 3.42. The molecule has 1 amide bonds. The lowest BCUT2D eigenvalue weighted by Crippen LogP contribution is -2.28. The third-order valence-corrected chi connectivity index (χ3v) is 5.52. The van der Waals surface area contributed by atoms with E-state index >= 15 is 0 Å². The number of carbonyl (C=O) groups is 2. The van der Waals surface area contributed by atoms with Gasteiger partial charge in [0.1, 0.15) is 13.2 Å². The monoisotopic (exact) mass is 418 g/mol. The van der Waals surface area contributed by atoms with Gasteiger partial charge >= 0.3 is 5.97 Å². The lowest BCUT2D eigenvalue weighted by Gasteiger charge is -2.21. The minimum atomic E-state index is -0.461. The number of para-hydroxylation sites is 1. The normalized spacial score (nSPS) is 15.1. The second-order valence-electron chi connectivity index (χ2n) is 7.39. The molecule has 0 saturated carbocycles. The van der Waals surface area contributed by atoms with E-state index < -0.39 is 5.97 Å². The second-order valence-corrected chi connectivity index (χ2v) is 7.39. The fourth-order valence-electron chi connectivity index (χ4n) is 4.07. The van der Waals surface area contributed by atoms with Gasteiger partial charge in [-0.05, 0) is 43.2 Å². The zero-order valence-electron chi connectivity index (χ0n) is 17.1. The van der Waals surface area contributed by atoms with Crippen LogP contribution in [-0.4, -0.2) is 48.1 Å². The fraction of sp³-hybridized carbons (Fsp3) is 0.250. The molecule has 7 nitrogen and oxygen atoms in total. The molecule has 0 spiro atoms. The number of amides is 1. The van der Waals surface area contributed by atoms with Crippen molar-refractivity contribution in [1.29, 1.82) is 0 Å². The Bertz CT molecular complexity index is 1210. The average molecular weight is 418 g/mol. The summed E-state index contributed by atoms with van der Waals surface area (Å²) in [5.41, 5.74) is 3.48. The van der Waals surface area contributed by atoms with Crippen LogP contribution in [0.3, 0.4) is 0 Å². The Morgan fingerprint density at radius 3 is 2.74 bits per heavy atom. The molecular formula is C24H22N2O5. The molecule has 0 fully saturated rings. The molecule has 0 saturated heterocycles. The number of benzene rings is 2. The Hall–Kier alpha value is -3.74. The maximum Gasteiger partial charge on any atom is 0.341 e. The molecule has 2 aliphatic heterocycles. The molecule has 31 heavy (non-hydrogen) atoms. The van der Waals surface area contributed by atoms with Gasteiger partial charge in [0.15, 0.2) is 11.5 Å². The lowest BCUT2D eigenvalue weighted by molar-refractivity contribution is -0.136. The number of nitrogens with zero attached hydrogens (tertiary/aromatic N) is 1. The molecule has 3 heterocycles. The number of ether oxygens (including phenoxy) is 3. The highest BCUT2D eigenvalue weighted by molar-refractivity contribution is 6.18. The number of aromatic nitrogens is 1. The summed E-state index contributed by atoms with van der Waals surface area (Å²) in [5.74, 6) is 0.506. The van der Waals surface area contributed by atoms with Crippen LogP contribution in [0, 0.1) is 0 Å². The molecule has 0 radical (unpaired) electrons. The van der Waals surface area contributed by atoms with Crippen LogP contribution < -0.4 is 9.47 Å². The van der Waals surface area contributed by atoms with Crippen LogP contribution in [-0.2, 0) is 16.0 Å². The van der Waals surface area contributed by atoms with Crippen molar-refractivity contribution in [2.75, 3.05) is 26.4 Å². The van der Waals surface area contributed by atoms with Crippen LogP contribution in [0.2, 0.25) is 0 Å². The number of rotatable bonds is 3. The highest BCUT2D eigenvalue weighted by Gasteiger charge is 2.28. The molecule has 3 aromatic rings. The number of H-pyrrole nitrogens is 1. The SMILES string of the molecule is CCOC(=O)C1=CN(C(=O)c2ccc3c(c2)OCCO3)CCc2c1[nH]c1ccccc21. The largest absolute Gasteiger partial charge is 0.486 e. The van der Waals surface area contributed by atoms with Crippen LogP contribution in [0.5, 0.6) is 11.5 Å². The van der Waals surface area contributed by atoms with E-state index in [1.54, 1.807) is 36.2 Å². The van der Waals surface area contributed by atoms with Crippen LogP contribution in [0.1, 0.15) is 28.5 Å². The first kappa shape index (κ1) is 19.2. The fourth-order valence-corrected chi connectivity index (χ4v) is 4.07. The zero-order valence-corrected chi connectivity index (χ0v) is 17.1. The first-order valence-corrected chi connectivity index (χ1v) is 10.3. The standard InChI is InChI=1S/C24H22N2O5/c1-2-29-24(28)18-14-26(10-9-17-16-5-3-4-6-19(16)25-22(17)18)23(27)15-7-8-20-21(13-15)31-12-11-30-20/h3-8,13-14,25H,2,9-12H2,1H3. The minimum absolute atomic E-state index is 0.215. The number of hydrogen-bond acceptors (Lipinski definition) is 5. The van der Waals surface area contributed by atoms with E-state index in [9.17, 15) is 9.59 Å². The summed E-state index contributed by atoms with van der Waals surface area (Å²) >= 11 is 0. The first-order chi connectivity index (χ1) is 15.2. The number of nitrogens with one attached hydrogen (secondary N) is 1. The third-order valence-electron chi connectivity index (χ3n) is 5.52. The Morgan fingerprint density at radius 2 is 1.90 bits per heavy atom. The molecule has 0 aliphatic carbocycles. The molecule has 1 aromatic heterocycles. The molecule has 2 aromatic carbocycles. The summed E-state index contributed by atoms with van der Waals surface area (Å²) in [6.07, 6.45) is 2.20. The smallest absolute Gasteiger partial charge is 0.341 e. The predicted molar refractivity (Wildman–Crippen MR) is 115 cm³/mol. The maximum atomic E-state index is 13.3. The molecule has 1 N–H and O–H groups in total. The molecule has 7 heteroatoms. The van der Waals surface area contributed by atoms with Crippen LogP contribution in [0.15, 0.2) is 48.7 Å². The van der Waals surface area contributed by atoms with Crippen molar-refractivity contribution in [3.63, 3.8) is 0 Å². The van der Waals surface area contributed by atoms with Crippen molar-refractivity contribution in [3.8, 4) is 11.5 Å². The van der Waals surface area contributed by atoms with E-state index in [0.29, 0.717) is 54.5 Å². The van der Waals surface area contributed by atoms with E-state index in [-0.39, 0.29) is 12.5 Å². The summed E-state index contributed by atoms with van der Waals surface area (Å²) in [4.78, 5) is 31.0. The van der Waals surface area contributed by atoms with Crippen LogP contribution >= 0.6 is 0 Å². The number of aromatic amines is 1. The number of carbonyl (C=O) groups excluding carboxylic acids is 2. The predicted octanol–water partition coefficient (Wildman–Crippen LogP) is 3.54. The van der Waals surface area contributed by atoms with E-state index in [1.165, 1.54) is 0 Å². The number of esters is 1. The summed E-state index contributed by atoms with van der Waals surface area (Å²) in [7, 11) is 0. The van der Waals surface area contributed by atoms with Gasteiger partial charge in [-0.25, -0.2) is 4.79 Å². The topological polar surface area (TPSA) is 80.9 Å². The van der Waals surface area contributed by atoms with Crippen molar-refractivity contribution in [1.82, 2.24) is 9.88 Å². The average Bonchev–Trinajstić information content (AvgIpc) is 3.06. The number of hydrogen-bond donors (Lipinski definition) is 1. The van der Waals surface area contributed by atoms with Gasteiger partial charge in [0.2, 0.25) is 0 Å². The Morgan fingerprint density at radius 1 is 1.10 bits per heavy atom. The highest BCUT2D eigenvalue weighted by Crippen LogP contribution is 2.34. The quantitative estimate of drug-likeness (QED) is 0.658. The summed E-state index contributed by atoms with van der Waals surface area (Å²) in [6, 6.07) is 13.1. The van der Waals surface area contributed by atoms with Crippen LogP contribution in [0.25, 0.3) is 16.5 Å². The van der Waals surface area contributed by atoms with Gasteiger partial charge in [-0.15, -0.1) is 0 Å². The maximum absolute atomic E-state index is 13.3. The van der Waals surface area contributed by atoms with Gasteiger partial charge in [0.25, 0.3) is 5.91 Å². The van der Waals surface area contributed by atoms with Gasteiger partial charge in [0, 0.05) is 29.2 Å². The molecule has 0 bridgehead atoms. The van der Waals surface area contributed by atoms with Crippen LogP contribution in [0.4, 0.5) is 0 Å². The van der Waals surface area contributed by atoms with E-state index in [1.807, 2.05) is 24.3 Å². The lowest BCUT2D eigenvalue weighted by atomic mass is 10.0. The number of fused-ring (bicyclic) bond motifs is 4. The van der Waals surface area contributed by atoms with Crippen molar-refractivity contribution in [2.24, 2.45) is 0 Å². The second kappa shape index (κ2) is 7.83. The van der Waals surface area contributed by atoms with Gasteiger partial charge in [-0.1, -0.05) is 18.2 Å². The molecular weight excluding hydrogens is 396 g/mol. The van der Waals surface area contributed by atoms with Crippen molar-refractivity contribution >= 4 is 28.4 Å².